The molecule has 1 aromatic rings. The predicted octanol–water partition coefficient (Wildman–Crippen LogP) is 5.60. The molecule has 2 N–H and O–H groups in total. The van der Waals surface area contributed by atoms with Crippen LogP contribution in [0.4, 0.5) is 4.79 Å². The second kappa shape index (κ2) is 14.7. The molecule has 0 heterocycles. The third-order valence-electron chi connectivity index (χ3n) is 5.97. The highest BCUT2D eigenvalue weighted by molar-refractivity contribution is 5.92. The van der Waals surface area contributed by atoms with Crippen LogP contribution in [0.1, 0.15) is 99.1 Å². The predicted molar refractivity (Wildman–Crippen MR) is 141 cm³/mol. The monoisotopic (exact) mass is 489 g/mol. The van der Waals surface area contributed by atoms with Crippen molar-refractivity contribution in [2.75, 3.05) is 6.54 Å². The minimum atomic E-state index is -0.807. The molecular weight excluding hydrogens is 442 g/mol. The van der Waals surface area contributed by atoms with Crippen molar-refractivity contribution >= 4 is 17.9 Å². The number of hydrogen-bond acceptors (Lipinski definition) is 4. The Balaban J connectivity index is 3.42. The van der Waals surface area contributed by atoms with Crippen LogP contribution in [0.25, 0.3) is 0 Å². The number of nitrogens with one attached hydrogen (secondary N) is 2. The first-order valence-corrected chi connectivity index (χ1v) is 13.1. The van der Waals surface area contributed by atoms with Crippen LogP contribution in [0.3, 0.4) is 0 Å². The van der Waals surface area contributed by atoms with Gasteiger partial charge in [-0.15, -0.1) is 0 Å². The summed E-state index contributed by atoms with van der Waals surface area (Å²) in [4.78, 5) is 41.9. The molecule has 0 radical (unpaired) electrons. The fraction of sp³-hybridized carbons (Fsp3) is 0.679. The molecule has 0 aromatic heterocycles. The lowest BCUT2D eigenvalue weighted by Gasteiger charge is -2.36. The third-order valence-corrected chi connectivity index (χ3v) is 5.97. The number of unbranched alkanes of at least 4 members (excludes halogenated alkanes) is 1. The van der Waals surface area contributed by atoms with Gasteiger partial charge in [0.2, 0.25) is 11.8 Å². The van der Waals surface area contributed by atoms with Gasteiger partial charge in [0.25, 0.3) is 0 Å². The summed E-state index contributed by atoms with van der Waals surface area (Å²) in [6, 6.07) is 7.79. The Bertz CT molecular complexity index is 791. The van der Waals surface area contributed by atoms with E-state index in [1.165, 1.54) is 0 Å². The van der Waals surface area contributed by atoms with Crippen LogP contribution in [0.15, 0.2) is 30.3 Å². The molecule has 0 saturated heterocycles. The number of alkyl carbamates (subject to hydrolysis) is 1. The largest absolute Gasteiger partial charge is 0.444 e. The molecule has 0 aliphatic heterocycles. The minimum Gasteiger partial charge on any atom is -0.444 e. The zero-order valence-corrected chi connectivity index (χ0v) is 23.0. The molecule has 4 atom stereocenters. The van der Waals surface area contributed by atoms with Crippen molar-refractivity contribution in [3.05, 3.63) is 35.9 Å². The SMILES string of the molecule is CCCCN(C(=O)C(NC(=O)OC(C)(C)C)C(C)CC)C(C(=O)NC(C)CCC)c1ccccc1. The molecule has 0 bridgehead atoms. The Hall–Kier alpha value is -2.57. The van der Waals surface area contributed by atoms with Crippen LogP contribution in [-0.2, 0) is 14.3 Å². The molecule has 35 heavy (non-hydrogen) atoms. The first kappa shape index (κ1) is 30.5. The van der Waals surface area contributed by atoms with Crippen molar-refractivity contribution in [1.29, 1.82) is 0 Å². The topological polar surface area (TPSA) is 87.7 Å². The molecule has 1 aromatic carbocycles. The standard InChI is InChI=1S/C28H47N3O4/c1-9-12-19-31(26(33)23(20(4)11-3)30-27(34)35-28(6,7)8)24(22-17-14-13-15-18-22)25(32)29-21(5)16-10-2/h13-15,17-18,20-21,23-24H,9-12,16,19H2,1-8H3,(H,29,32)(H,30,34). The second-order valence-electron chi connectivity index (χ2n) is 10.4. The van der Waals surface area contributed by atoms with Crippen LogP contribution >= 0.6 is 0 Å². The van der Waals surface area contributed by atoms with E-state index in [2.05, 4.69) is 24.5 Å². The molecule has 0 spiro atoms. The van der Waals surface area contributed by atoms with Crippen molar-refractivity contribution in [2.24, 2.45) is 5.92 Å². The van der Waals surface area contributed by atoms with Gasteiger partial charge in [-0.1, -0.05) is 77.3 Å². The van der Waals surface area contributed by atoms with Crippen LogP contribution < -0.4 is 10.6 Å². The normalized spacial score (nSPS) is 14.9. The van der Waals surface area contributed by atoms with E-state index >= 15 is 0 Å². The van der Waals surface area contributed by atoms with Crippen LogP contribution in [0.5, 0.6) is 0 Å². The molecule has 7 heteroatoms. The van der Waals surface area contributed by atoms with Crippen LogP contribution in [0, 0.1) is 5.92 Å². The van der Waals surface area contributed by atoms with Crippen molar-refractivity contribution in [1.82, 2.24) is 15.5 Å². The highest BCUT2D eigenvalue weighted by atomic mass is 16.6. The maximum absolute atomic E-state index is 14.1. The lowest BCUT2D eigenvalue weighted by atomic mass is 9.95. The first-order chi connectivity index (χ1) is 16.4. The van der Waals surface area contributed by atoms with E-state index in [0.717, 1.165) is 31.2 Å². The highest BCUT2D eigenvalue weighted by Crippen LogP contribution is 2.25. The van der Waals surface area contributed by atoms with Crippen molar-refractivity contribution in [3.8, 4) is 0 Å². The quantitative estimate of drug-likeness (QED) is 0.377. The fourth-order valence-corrected chi connectivity index (χ4v) is 3.93. The number of benzene rings is 1. The lowest BCUT2D eigenvalue weighted by molar-refractivity contribution is -0.143. The Labute approximate surface area is 212 Å². The highest BCUT2D eigenvalue weighted by Gasteiger charge is 2.38. The molecule has 0 aliphatic rings. The summed E-state index contributed by atoms with van der Waals surface area (Å²) >= 11 is 0. The molecule has 1 rings (SSSR count). The van der Waals surface area contributed by atoms with Gasteiger partial charge in [-0.2, -0.15) is 0 Å². The number of nitrogens with zero attached hydrogens (tertiary/aromatic N) is 1. The molecule has 0 saturated carbocycles. The molecule has 198 valence electrons. The molecule has 4 unspecified atom stereocenters. The average Bonchev–Trinajstić information content (AvgIpc) is 2.78. The maximum atomic E-state index is 14.1. The van der Waals surface area contributed by atoms with Crippen molar-refractivity contribution < 1.29 is 19.1 Å². The molecule has 0 fully saturated rings. The maximum Gasteiger partial charge on any atom is 0.408 e. The number of carbonyl (C=O) groups excluding carboxylic acids is 3. The number of carbonyl (C=O) groups is 3. The van der Waals surface area contributed by atoms with Gasteiger partial charge in [-0.25, -0.2) is 4.79 Å². The van der Waals surface area contributed by atoms with Gasteiger partial charge < -0.3 is 20.3 Å². The van der Waals surface area contributed by atoms with Crippen molar-refractivity contribution in [2.45, 2.75) is 111 Å². The van der Waals surface area contributed by atoms with E-state index in [4.69, 9.17) is 4.74 Å². The van der Waals surface area contributed by atoms with E-state index in [1.54, 1.807) is 25.7 Å². The van der Waals surface area contributed by atoms with E-state index in [-0.39, 0.29) is 23.8 Å². The number of ether oxygens (including phenoxy) is 1. The Morgan fingerprint density at radius 3 is 2.11 bits per heavy atom. The van der Waals surface area contributed by atoms with Gasteiger partial charge in [0.1, 0.15) is 17.7 Å². The number of hydrogen-bond donors (Lipinski definition) is 2. The second-order valence-corrected chi connectivity index (χ2v) is 10.4. The van der Waals surface area contributed by atoms with E-state index < -0.39 is 23.8 Å². The summed E-state index contributed by atoms with van der Waals surface area (Å²) < 4.78 is 5.45. The summed E-state index contributed by atoms with van der Waals surface area (Å²) in [5.41, 5.74) is 0.0648. The molecule has 0 aliphatic carbocycles. The van der Waals surface area contributed by atoms with E-state index in [0.29, 0.717) is 13.0 Å². The molecule has 3 amide bonds. The Kier molecular flexibility index (Phi) is 12.8. The zero-order chi connectivity index (χ0) is 26.6. The van der Waals surface area contributed by atoms with Gasteiger partial charge >= 0.3 is 6.09 Å². The smallest absolute Gasteiger partial charge is 0.408 e. The first-order valence-electron chi connectivity index (χ1n) is 13.1. The van der Waals surface area contributed by atoms with Crippen LogP contribution in [-0.4, -0.2) is 47.0 Å². The number of rotatable bonds is 13. The Morgan fingerprint density at radius 1 is 0.971 bits per heavy atom. The third kappa shape index (κ3) is 10.3. The minimum absolute atomic E-state index is 0.00732. The van der Waals surface area contributed by atoms with Gasteiger partial charge in [0.05, 0.1) is 0 Å². The molecule has 7 nitrogen and oxygen atoms in total. The van der Waals surface area contributed by atoms with Gasteiger partial charge in [-0.3, -0.25) is 9.59 Å². The average molecular weight is 490 g/mol. The fourth-order valence-electron chi connectivity index (χ4n) is 3.93. The van der Waals surface area contributed by atoms with Gasteiger partial charge in [0.15, 0.2) is 0 Å². The lowest BCUT2D eigenvalue weighted by Crippen LogP contribution is -2.55. The molecular formula is C28H47N3O4. The van der Waals surface area contributed by atoms with E-state index in [9.17, 15) is 14.4 Å². The Morgan fingerprint density at radius 2 is 1.60 bits per heavy atom. The van der Waals surface area contributed by atoms with E-state index in [1.807, 2.05) is 51.1 Å². The summed E-state index contributed by atoms with van der Waals surface area (Å²) in [6.07, 6.45) is 3.46. The van der Waals surface area contributed by atoms with Crippen molar-refractivity contribution in [3.63, 3.8) is 0 Å². The number of amides is 3. The summed E-state index contributed by atoms with van der Waals surface area (Å²) in [5, 5.41) is 5.90. The van der Waals surface area contributed by atoms with Gasteiger partial charge in [0, 0.05) is 12.6 Å². The van der Waals surface area contributed by atoms with Gasteiger partial charge in [-0.05, 0) is 52.0 Å². The summed E-state index contributed by atoms with van der Waals surface area (Å²) in [5.74, 6) is -0.620. The van der Waals surface area contributed by atoms with Crippen LogP contribution in [0.2, 0.25) is 0 Å². The zero-order valence-electron chi connectivity index (χ0n) is 23.0. The summed E-state index contributed by atoms with van der Waals surface area (Å²) in [6.45, 7) is 15.8. The summed E-state index contributed by atoms with van der Waals surface area (Å²) in [7, 11) is 0.